The summed E-state index contributed by atoms with van der Waals surface area (Å²) in [5, 5.41) is 0. The predicted octanol–water partition coefficient (Wildman–Crippen LogP) is 4.92. The number of esters is 2. The van der Waals surface area contributed by atoms with Gasteiger partial charge in [0.25, 0.3) is 0 Å². The normalized spacial score (nSPS) is 11.4. The molecule has 0 fully saturated rings. The van der Waals surface area contributed by atoms with Crippen molar-refractivity contribution in [3.8, 4) is 23.0 Å². The van der Waals surface area contributed by atoms with E-state index in [1.807, 2.05) is 0 Å². The van der Waals surface area contributed by atoms with Crippen LogP contribution < -0.4 is 14.2 Å². The first-order valence-electron chi connectivity index (χ1n) is 10.2. The summed E-state index contributed by atoms with van der Waals surface area (Å²) in [4.78, 5) is 23.9. The summed E-state index contributed by atoms with van der Waals surface area (Å²) in [7, 11) is 0. The molecule has 0 radical (unpaired) electrons. The molecule has 168 valence electrons. The van der Waals surface area contributed by atoms with Crippen LogP contribution in [0.4, 0.5) is 0 Å². The van der Waals surface area contributed by atoms with E-state index in [0.29, 0.717) is 36.2 Å². The average Bonchev–Trinajstić information content (AvgIpc) is 2.71. The number of ether oxygens (including phenoxy) is 5. The molecule has 2 aromatic carbocycles. The molecule has 0 N–H and O–H groups in total. The molecule has 2 rings (SSSR count). The number of carbonyl (C=O) groups is 2. The van der Waals surface area contributed by atoms with Gasteiger partial charge in [0.2, 0.25) is 0 Å². The summed E-state index contributed by atoms with van der Waals surface area (Å²) < 4.78 is 27.3. The number of benzene rings is 2. The van der Waals surface area contributed by atoms with Crippen molar-refractivity contribution in [2.45, 2.75) is 52.7 Å². The van der Waals surface area contributed by atoms with Gasteiger partial charge in [-0.25, -0.2) is 9.59 Å². The van der Waals surface area contributed by atoms with Crippen LogP contribution in [0.5, 0.6) is 23.0 Å². The molecule has 7 heteroatoms. The minimum absolute atomic E-state index is 0.294. The first-order valence-corrected chi connectivity index (χ1v) is 10.2. The molecule has 0 spiro atoms. The van der Waals surface area contributed by atoms with Crippen LogP contribution in [-0.2, 0) is 19.1 Å². The SMILES string of the molecule is CCOC(=O)C(C)(C)Oc1ccc(Oc2ccc(OC(C)(C)C(=O)OCC)cc2)cc1. The number of hydrogen-bond acceptors (Lipinski definition) is 7. The highest BCUT2D eigenvalue weighted by molar-refractivity contribution is 5.79. The predicted molar refractivity (Wildman–Crippen MR) is 116 cm³/mol. The Morgan fingerprint density at radius 3 is 1.19 bits per heavy atom. The standard InChI is InChI=1S/C24H30O7/c1-7-27-21(25)23(3,4)30-19-13-9-17(10-14-19)29-18-11-15-20(16-12-18)31-24(5,6)22(26)28-8-2/h9-16H,7-8H2,1-6H3. The molecule has 0 saturated carbocycles. The summed E-state index contributed by atoms with van der Waals surface area (Å²) in [5.41, 5.74) is -2.18. The molecule has 0 aromatic heterocycles. The maximum atomic E-state index is 12.0. The molecular formula is C24H30O7. The van der Waals surface area contributed by atoms with Gasteiger partial charge in [0.05, 0.1) is 13.2 Å². The fraction of sp³-hybridized carbons (Fsp3) is 0.417. The molecule has 7 nitrogen and oxygen atoms in total. The van der Waals surface area contributed by atoms with Crippen molar-refractivity contribution >= 4 is 11.9 Å². The Balaban J connectivity index is 1.98. The molecular weight excluding hydrogens is 400 g/mol. The van der Waals surface area contributed by atoms with Gasteiger partial charge in [-0.3, -0.25) is 0 Å². The van der Waals surface area contributed by atoms with Crippen LogP contribution in [0.15, 0.2) is 48.5 Å². The fourth-order valence-electron chi connectivity index (χ4n) is 2.57. The fourth-order valence-corrected chi connectivity index (χ4v) is 2.57. The number of rotatable bonds is 10. The van der Waals surface area contributed by atoms with Gasteiger partial charge in [0.15, 0.2) is 11.2 Å². The zero-order valence-electron chi connectivity index (χ0n) is 18.9. The molecule has 0 amide bonds. The van der Waals surface area contributed by atoms with Crippen molar-refractivity contribution in [3.05, 3.63) is 48.5 Å². The van der Waals surface area contributed by atoms with E-state index in [1.54, 1.807) is 90.1 Å². The molecule has 0 aliphatic rings. The molecule has 0 heterocycles. The summed E-state index contributed by atoms with van der Waals surface area (Å²) in [6.07, 6.45) is 0. The maximum Gasteiger partial charge on any atom is 0.349 e. The highest BCUT2D eigenvalue weighted by Gasteiger charge is 2.32. The third-order valence-electron chi connectivity index (χ3n) is 4.16. The zero-order valence-corrected chi connectivity index (χ0v) is 18.9. The van der Waals surface area contributed by atoms with Gasteiger partial charge in [-0.1, -0.05) is 0 Å². The van der Waals surface area contributed by atoms with E-state index < -0.39 is 23.1 Å². The van der Waals surface area contributed by atoms with Crippen LogP contribution in [0.2, 0.25) is 0 Å². The van der Waals surface area contributed by atoms with E-state index in [1.165, 1.54) is 0 Å². The lowest BCUT2D eigenvalue weighted by atomic mass is 10.1. The largest absolute Gasteiger partial charge is 0.476 e. The highest BCUT2D eigenvalue weighted by atomic mass is 16.6. The van der Waals surface area contributed by atoms with Crippen LogP contribution in [0.25, 0.3) is 0 Å². The minimum atomic E-state index is -1.09. The third kappa shape index (κ3) is 6.91. The van der Waals surface area contributed by atoms with Gasteiger partial charge in [0.1, 0.15) is 23.0 Å². The van der Waals surface area contributed by atoms with Gasteiger partial charge >= 0.3 is 11.9 Å². The second-order valence-electron chi connectivity index (χ2n) is 7.71. The molecule has 0 saturated heterocycles. The zero-order chi connectivity index (χ0) is 23.1. The highest BCUT2D eigenvalue weighted by Crippen LogP contribution is 2.28. The lowest BCUT2D eigenvalue weighted by Crippen LogP contribution is -2.39. The quantitative estimate of drug-likeness (QED) is 0.495. The second-order valence-corrected chi connectivity index (χ2v) is 7.71. The van der Waals surface area contributed by atoms with Crippen LogP contribution in [0.1, 0.15) is 41.5 Å². The monoisotopic (exact) mass is 430 g/mol. The molecule has 0 aliphatic carbocycles. The van der Waals surface area contributed by atoms with Crippen molar-refractivity contribution in [2.24, 2.45) is 0 Å². The molecule has 0 unspecified atom stereocenters. The molecule has 0 bridgehead atoms. The summed E-state index contributed by atoms with van der Waals surface area (Å²) >= 11 is 0. The van der Waals surface area contributed by atoms with Crippen LogP contribution >= 0.6 is 0 Å². The Labute approximate surface area is 183 Å². The van der Waals surface area contributed by atoms with Crippen molar-refractivity contribution in [2.75, 3.05) is 13.2 Å². The van der Waals surface area contributed by atoms with E-state index in [2.05, 4.69) is 0 Å². The topological polar surface area (TPSA) is 80.3 Å². The van der Waals surface area contributed by atoms with Gasteiger partial charge in [-0.15, -0.1) is 0 Å². The van der Waals surface area contributed by atoms with Crippen LogP contribution in [0.3, 0.4) is 0 Å². The smallest absolute Gasteiger partial charge is 0.349 e. The molecule has 2 aromatic rings. The van der Waals surface area contributed by atoms with Crippen molar-refractivity contribution in [1.29, 1.82) is 0 Å². The lowest BCUT2D eigenvalue weighted by Gasteiger charge is -2.24. The van der Waals surface area contributed by atoms with Gasteiger partial charge < -0.3 is 23.7 Å². The van der Waals surface area contributed by atoms with E-state index in [4.69, 9.17) is 23.7 Å². The lowest BCUT2D eigenvalue weighted by molar-refractivity contribution is -0.159. The Morgan fingerprint density at radius 1 is 0.613 bits per heavy atom. The van der Waals surface area contributed by atoms with Crippen molar-refractivity contribution < 1.29 is 33.3 Å². The van der Waals surface area contributed by atoms with Gasteiger partial charge in [-0.2, -0.15) is 0 Å². The molecule has 0 aliphatic heterocycles. The van der Waals surface area contributed by atoms with Gasteiger partial charge in [0, 0.05) is 0 Å². The molecule has 0 atom stereocenters. The first-order chi connectivity index (χ1) is 14.6. The Kier molecular flexibility index (Phi) is 7.91. The number of hydrogen-bond donors (Lipinski definition) is 0. The van der Waals surface area contributed by atoms with E-state index in [-0.39, 0.29) is 0 Å². The minimum Gasteiger partial charge on any atom is -0.476 e. The summed E-state index contributed by atoms with van der Waals surface area (Å²) in [6, 6.07) is 13.8. The van der Waals surface area contributed by atoms with E-state index in [0.717, 1.165) is 0 Å². The number of carbonyl (C=O) groups excluding carboxylic acids is 2. The first kappa shape index (κ1) is 24.1. The summed E-state index contributed by atoms with van der Waals surface area (Å²) in [5.74, 6) is 1.39. The van der Waals surface area contributed by atoms with Crippen LogP contribution in [-0.4, -0.2) is 36.4 Å². The Bertz CT molecular complexity index is 794. The van der Waals surface area contributed by atoms with Gasteiger partial charge in [-0.05, 0) is 90.1 Å². The molecule has 31 heavy (non-hydrogen) atoms. The third-order valence-corrected chi connectivity index (χ3v) is 4.16. The van der Waals surface area contributed by atoms with Crippen molar-refractivity contribution in [3.63, 3.8) is 0 Å². The Hall–Kier alpha value is -3.22. The average molecular weight is 430 g/mol. The second kappa shape index (κ2) is 10.2. The summed E-state index contributed by atoms with van der Waals surface area (Å²) in [6.45, 7) is 10.7. The van der Waals surface area contributed by atoms with E-state index >= 15 is 0 Å². The Morgan fingerprint density at radius 2 is 0.903 bits per heavy atom. The maximum absolute atomic E-state index is 12.0. The van der Waals surface area contributed by atoms with Crippen LogP contribution in [0, 0.1) is 0 Å². The van der Waals surface area contributed by atoms with E-state index in [9.17, 15) is 9.59 Å². The van der Waals surface area contributed by atoms with Crippen molar-refractivity contribution in [1.82, 2.24) is 0 Å².